The normalized spacial score (nSPS) is 22.8. The highest BCUT2D eigenvalue weighted by molar-refractivity contribution is 8.15. The number of amides is 1. The number of rotatable bonds is 4. The zero-order valence-electron chi connectivity index (χ0n) is 14.3. The van der Waals surface area contributed by atoms with Gasteiger partial charge in [0.2, 0.25) is 5.91 Å². The Morgan fingerprint density at radius 2 is 2.00 bits per heavy atom. The van der Waals surface area contributed by atoms with Gasteiger partial charge in [0.15, 0.2) is 5.17 Å². The second-order valence-electron chi connectivity index (χ2n) is 5.79. The minimum Gasteiger partial charge on any atom is -0.463 e. The molecule has 0 N–H and O–H groups in total. The van der Waals surface area contributed by atoms with E-state index in [1.54, 1.807) is 30.9 Å². The van der Waals surface area contributed by atoms with Crippen molar-refractivity contribution in [2.75, 3.05) is 6.61 Å². The van der Waals surface area contributed by atoms with Crippen molar-refractivity contribution >= 4 is 28.8 Å². The number of benzene rings is 1. The summed E-state index contributed by atoms with van der Waals surface area (Å²) in [5, 5.41) is 0.354. The molecule has 0 aromatic heterocycles. The summed E-state index contributed by atoms with van der Waals surface area (Å²) in [5.41, 5.74) is 1.50. The Hall–Kier alpha value is -2.15. The van der Waals surface area contributed by atoms with Crippen LogP contribution in [0.1, 0.15) is 38.8 Å². The van der Waals surface area contributed by atoms with Gasteiger partial charge in [0.05, 0.1) is 29.2 Å². The number of carbonyl (C=O) groups is 2. The van der Waals surface area contributed by atoms with E-state index in [0.717, 1.165) is 0 Å². The monoisotopic (exact) mass is 362 g/mol. The third kappa shape index (κ3) is 3.08. The minimum absolute atomic E-state index is 0.0881. The topological polar surface area (TPSA) is 59.0 Å². The molecule has 3 rings (SSSR count). The summed E-state index contributed by atoms with van der Waals surface area (Å²) in [4.78, 5) is 31.4. The van der Waals surface area contributed by atoms with Crippen LogP contribution in [0.25, 0.3) is 0 Å². The van der Waals surface area contributed by atoms with Crippen molar-refractivity contribution in [2.45, 2.75) is 38.5 Å². The molecule has 2 aliphatic rings. The lowest BCUT2D eigenvalue weighted by molar-refractivity contribution is -0.139. The van der Waals surface area contributed by atoms with Crippen molar-refractivity contribution in [1.82, 2.24) is 4.90 Å². The summed E-state index contributed by atoms with van der Waals surface area (Å²) in [6, 6.07) is 5.18. The van der Waals surface area contributed by atoms with Crippen LogP contribution >= 0.6 is 11.8 Å². The van der Waals surface area contributed by atoms with E-state index in [9.17, 15) is 14.0 Å². The number of halogens is 1. The molecule has 132 valence electrons. The summed E-state index contributed by atoms with van der Waals surface area (Å²) in [5.74, 6) is -0.967. The van der Waals surface area contributed by atoms with Crippen molar-refractivity contribution in [3.05, 3.63) is 46.9 Å². The lowest BCUT2D eigenvalue weighted by atomic mass is 9.94. The number of allylic oxidation sites excluding steroid dienone is 1. The summed E-state index contributed by atoms with van der Waals surface area (Å²) >= 11 is 1.40. The molecule has 0 spiro atoms. The van der Waals surface area contributed by atoms with Gasteiger partial charge in [-0.25, -0.2) is 14.2 Å². The zero-order valence-corrected chi connectivity index (χ0v) is 15.1. The van der Waals surface area contributed by atoms with Crippen LogP contribution in [0.5, 0.6) is 0 Å². The zero-order chi connectivity index (χ0) is 18.1. The predicted octanol–water partition coefficient (Wildman–Crippen LogP) is 3.43. The molecule has 1 aromatic carbocycles. The maximum atomic E-state index is 13.4. The van der Waals surface area contributed by atoms with E-state index < -0.39 is 12.0 Å². The standard InChI is InChI=1S/C18H19FN2O3S/c1-4-13-16(22)21-15(11-6-8-12(19)9-7-11)14(17(23)24-5-2)10(3)20-18(21)25-13/h6-9,13,15H,4-5H2,1-3H3. The first-order chi connectivity index (χ1) is 12.0. The molecule has 2 aliphatic heterocycles. The molecule has 0 radical (unpaired) electrons. The van der Waals surface area contributed by atoms with Crippen LogP contribution in [0.15, 0.2) is 40.5 Å². The van der Waals surface area contributed by atoms with Crippen LogP contribution < -0.4 is 0 Å². The van der Waals surface area contributed by atoms with Crippen molar-refractivity contribution in [1.29, 1.82) is 0 Å². The Morgan fingerprint density at radius 1 is 1.32 bits per heavy atom. The molecule has 2 unspecified atom stereocenters. The van der Waals surface area contributed by atoms with Crippen molar-refractivity contribution < 1.29 is 18.7 Å². The van der Waals surface area contributed by atoms with Crippen molar-refractivity contribution in [2.24, 2.45) is 4.99 Å². The summed E-state index contributed by atoms with van der Waals surface area (Å²) in [6.07, 6.45) is 0.670. The maximum Gasteiger partial charge on any atom is 0.338 e. The Morgan fingerprint density at radius 3 is 2.60 bits per heavy atom. The van der Waals surface area contributed by atoms with E-state index in [1.807, 2.05) is 6.92 Å². The van der Waals surface area contributed by atoms with E-state index in [-0.39, 0.29) is 23.6 Å². The largest absolute Gasteiger partial charge is 0.463 e. The van der Waals surface area contributed by atoms with Gasteiger partial charge in [-0.2, -0.15) is 0 Å². The van der Waals surface area contributed by atoms with Crippen LogP contribution in [0.4, 0.5) is 4.39 Å². The van der Waals surface area contributed by atoms with Crippen LogP contribution in [0, 0.1) is 5.82 Å². The first-order valence-electron chi connectivity index (χ1n) is 8.19. The number of carbonyl (C=O) groups excluding carboxylic acids is 2. The van der Waals surface area contributed by atoms with Crippen LogP contribution in [0.3, 0.4) is 0 Å². The van der Waals surface area contributed by atoms with Gasteiger partial charge in [-0.05, 0) is 38.0 Å². The molecule has 7 heteroatoms. The van der Waals surface area contributed by atoms with E-state index in [1.165, 1.54) is 23.9 Å². The minimum atomic E-state index is -0.649. The van der Waals surface area contributed by atoms with Gasteiger partial charge >= 0.3 is 5.97 Å². The molecule has 2 atom stereocenters. The number of aliphatic imine (C=N–C) groups is 1. The van der Waals surface area contributed by atoms with E-state index in [0.29, 0.717) is 28.4 Å². The number of nitrogens with zero attached hydrogens (tertiary/aromatic N) is 2. The molecule has 5 nitrogen and oxygen atoms in total. The molecule has 0 bridgehead atoms. The number of thioether (sulfide) groups is 1. The van der Waals surface area contributed by atoms with Crippen molar-refractivity contribution in [3.8, 4) is 0 Å². The van der Waals surface area contributed by atoms with Gasteiger partial charge in [0.1, 0.15) is 5.82 Å². The fraction of sp³-hybridized carbons (Fsp3) is 0.389. The van der Waals surface area contributed by atoms with Crippen LogP contribution in [-0.2, 0) is 14.3 Å². The van der Waals surface area contributed by atoms with Gasteiger partial charge < -0.3 is 4.74 Å². The second-order valence-corrected chi connectivity index (χ2v) is 6.96. The summed E-state index contributed by atoms with van der Waals surface area (Å²) < 4.78 is 18.5. The average Bonchev–Trinajstić information content (AvgIpc) is 2.90. The Labute approximate surface area is 149 Å². The first kappa shape index (κ1) is 17.7. The maximum absolute atomic E-state index is 13.4. The molecule has 0 aliphatic carbocycles. The van der Waals surface area contributed by atoms with E-state index >= 15 is 0 Å². The van der Waals surface area contributed by atoms with E-state index in [2.05, 4.69) is 4.99 Å². The Balaban J connectivity index is 2.13. The fourth-order valence-corrected chi connectivity index (χ4v) is 4.15. The van der Waals surface area contributed by atoms with Gasteiger partial charge in [-0.1, -0.05) is 30.8 Å². The lowest BCUT2D eigenvalue weighted by Gasteiger charge is -2.33. The number of hydrogen-bond donors (Lipinski definition) is 0. The second kappa shape index (κ2) is 7.00. The molecule has 1 fully saturated rings. The Bertz CT molecular complexity index is 773. The summed E-state index contributed by atoms with van der Waals surface area (Å²) in [7, 11) is 0. The van der Waals surface area contributed by atoms with Gasteiger partial charge in [0, 0.05) is 0 Å². The number of esters is 1. The SMILES string of the molecule is CCOC(=O)C1=C(C)N=C2SC(CC)C(=O)N2C1c1ccc(F)cc1. The fourth-order valence-electron chi connectivity index (χ4n) is 3.02. The highest BCUT2D eigenvalue weighted by Crippen LogP contribution is 2.43. The van der Waals surface area contributed by atoms with Gasteiger partial charge in [-0.3, -0.25) is 9.69 Å². The van der Waals surface area contributed by atoms with Gasteiger partial charge in [0.25, 0.3) is 0 Å². The number of hydrogen-bond acceptors (Lipinski definition) is 5. The summed E-state index contributed by atoms with van der Waals surface area (Å²) in [6.45, 7) is 5.62. The number of ether oxygens (including phenoxy) is 1. The third-order valence-corrected chi connectivity index (χ3v) is 5.52. The quantitative estimate of drug-likeness (QED) is 0.770. The molecule has 2 heterocycles. The molecule has 0 saturated carbocycles. The molecule has 1 aromatic rings. The third-order valence-electron chi connectivity index (χ3n) is 4.20. The molecular weight excluding hydrogens is 343 g/mol. The Kier molecular flexibility index (Phi) is 4.94. The van der Waals surface area contributed by atoms with E-state index in [4.69, 9.17) is 4.74 Å². The van der Waals surface area contributed by atoms with Crippen molar-refractivity contribution in [3.63, 3.8) is 0 Å². The first-order valence-corrected chi connectivity index (χ1v) is 9.07. The molecule has 1 saturated heterocycles. The predicted molar refractivity (Wildman–Crippen MR) is 94.4 cm³/mol. The number of amidine groups is 1. The average molecular weight is 362 g/mol. The molecular formula is C18H19FN2O3S. The highest BCUT2D eigenvalue weighted by atomic mass is 32.2. The number of fused-ring (bicyclic) bond motifs is 1. The molecule has 1 amide bonds. The van der Waals surface area contributed by atoms with Crippen LogP contribution in [-0.4, -0.2) is 33.8 Å². The van der Waals surface area contributed by atoms with Crippen LogP contribution in [0.2, 0.25) is 0 Å². The van der Waals surface area contributed by atoms with Gasteiger partial charge in [-0.15, -0.1) is 0 Å². The highest BCUT2D eigenvalue weighted by Gasteiger charge is 2.47. The molecule has 25 heavy (non-hydrogen) atoms. The lowest BCUT2D eigenvalue weighted by Crippen LogP contribution is -2.40. The smallest absolute Gasteiger partial charge is 0.338 e.